The molecule has 0 radical (unpaired) electrons. The average Bonchev–Trinajstić information content (AvgIpc) is 3.37. The van der Waals surface area contributed by atoms with Gasteiger partial charge in [-0.1, -0.05) is 48.9 Å². The van der Waals surface area contributed by atoms with Crippen LogP contribution in [0, 0.1) is 0 Å². The van der Waals surface area contributed by atoms with Gasteiger partial charge in [0.05, 0.1) is 23.2 Å². The molecule has 0 aliphatic carbocycles. The number of hydrogen-bond acceptors (Lipinski definition) is 5. The van der Waals surface area contributed by atoms with Crippen LogP contribution in [0.25, 0.3) is 38.9 Å². The summed E-state index contributed by atoms with van der Waals surface area (Å²) in [6.07, 6.45) is 5.83. The van der Waals surface area contributed by atoms with Gasteiger partial charge in [0.15, 0.2) is 0 Å². The van der Waals surface area contributed by atoms with E-state index in [1.54, 1.807) is 7.11 Å². The van der Waals surface area contributed by atoms with Crippen molar-refractivity contribution in [3.05, 3.63) is 84.7 Å². The highest BCUT2D eigenvalue weighted by Crippen LogP contribution is 2.30. The van der Waals surface area contributed by atoms with Crippen molar-refractivity contribution >= 4 is 21.9 Å². The van der Waals surface area contributed by atoms with E-state index in [-0.39, 0.29) is 0 Å². The SMILES string of the molecule is COCCOc1ccc2c(c1)ncn2-c1ccc2cccc(-c3ccc(CN4CCCCC4)cc3)c2n1. The molecule has 0 unspecified atom stereocenters. The molecule has 1 aliphatic rings. The van der Waals surface area contributed by atoms with E-state index in [9.17, 15) is 0 Å². The predicted molar refractivity (Wildman–Crippen MR) is 148 cm³/mol. The second-order valence-corrected chi connectivity index (χ2v) is 9.69. The van der Waals surface area contributed by atoms with E-state index in [2.05, 4.69) is 64.5 Å². The summed E-state index contributed by atoms with van der Waals surface area (Å²) in [5.41, 5.74) is 6.55. The number of methoxy groups -OCH3 is 1. The number of benzene rings is 3. The van der Waals surface area contributed by atoms with Gasteiger partial charge in [-0.25, -0.2) is 9.97 Å². The Balaban J connectivity index is 1.30. The molecule has 1 fully saturated rings. The van der Waals surface area contributed by atoms with Crippen molar-refractivity contribution in [1.29, 1.82) is 0 Å². The fourth-order valence-electron chi connectivity index (χ4n) is 5.18. The first-order valence-electron chi connectivity index (χ1n) is 13.1. The monoisotopic (exact) mass is 492 g/mol. The van der Waals surface area contributed by atoms with Gasteiger partial charge >= 0.3 is 0 Å². The molecule has 3 heterocycles. The van der Waals surface area contributed by atoms with Crippen LogP contribution in [0.5, 0.6) is 5.75 Å². The highest BCUT2D eigenvalue weighted by molar-refractivity contribution is 5.94. The Morgan fingerprint density at radius 2 is 1.73 bits per heavy atom. The molecule has 6 nitrogen and oxygen atoms in total. The number of rotatable bonds is 8. The highest BCUT2D eigenvalue weighted by atomic mass is 16.5. The van der Waals surface area contributed by atoms with Crippen molar-refractivity contribution in [2.45, 2.75) is 25.8 Å². The molecule has 37 heavy (non-hydrogen) atoms. The number of hydrogen-bond donors (Lipinski definition) is 0. The molecule has 0 bridgehead atoms. The van der Waals surface area contributed by atoms with E-state index in [1.807, 2.05) is 29.1 Å². The quantitative estimate of drug-likeness (QED) is 0.240. The van der Waals surface area contributed by atoms with Gasteiger partial charge in [0.1, 0.15) is 24.5 Å². The van der Waals surface area contributed by atoms with E-state index < -0.39 is 0 Å². The maximum atomic E-state index is 5.75. The lowest BCUT2D eigenvalue weighted by atomic mass is 10.0. The Labute approximate surface area is 217 Å². The van der Waals surface area contributed by atoms with Crippen molar-refractivity contribution in [2.24, 2.45) is 0 Å². The van der Waals surface area contributed by atoms with Crippen LogP contribution in [0.15, 0.2) is 79.1 Å². The van der Waals surface area contributed by atoms with Crippen molar-refractivity contribution in [1.82, 2.24) is 19.4 Å². The number of piperidine rings is 1. The molecule has 2 aromatic heterocycles. The fraction of sp³-hybridized carbons (Fsp3) is 0.290. The van der Waals surface area contributed by atoms with Crippen LogP contribution in [0.3, 0.4) is 0 Å². The van der Waals surface area contributed by atoms with E-state index >= 15 is 0 Å². The standard InChI is InChI=1S/C31H32N4O2/c1-36-18-19-37-26-13-14-29-28(20-26)32-22-35(29)30-15-12-25-6-5-7-27(31(25)33-30)24-10-8-23(9-11-24)21-34-16-3-2-4-17-34/h5-15,20,22H,2-4,16-19,21H2,1H3. The van der Waals surface area contributed by atoms with Crippen molar-refractivity contribution in [3.8, 4) is 22.7 Å². The van der Waals surface area contributed by atoms with E-state index in [0.29, 0.717) is 13.2 Å². The molecule has 0 N–H and O–H groups in total. The summed E-state index contributed by atoms with van der Waals surface area (Å²) in [5.74, 6) is 1.63. The first kappa shape index (κ1) is 23.6. The van der Waals surface area contributed by atoms with Crippen LogP contribution in [-0.4, -0.2) is 52.8 Å². The minimum Gasteiger partial charge on any atom is -0.491 e. The number of likely N-dealkylation sites (tertiary alicyclic amines) is 1. The van der Waals surface area contributed by atoms with Gasteiger partial charge in [-0.05, 0) is 61.3 Å². The zero-order valence-corrected chi connectivity index (χ0v) is 21.3. The molecule has 0 saturated carbocycles. The molecule has 5 aromatic rings. The Morgan fingerprint density at radius 1 is 0.865 bits per heavy atom. The summed E-state index contributed by atoms with van der Waals surface area (Å²) in [4.78, 5) is 12.3. The zero-order valence-electron chi connectivity index (χ0n) is 21.3. The molecule has 188 valence electrons. The molecular formula is C31H32N4O2. The Bertz CT molecular complexity index is 1500. The van der Waals surface area contributed by atoms with Gasteiger partial charge in [-0.3, -0.25) is 9.47 Å². The van der Waals surface area contributed by atoms with Crippen molar-refractivity contribution in [3.63, 3.8) is 0 Å². The second-order valence-electron chi connectivity index (χ2n) is 9.69. The summed E-state index contributed by atoms with van der Waals surface area (Å²) in [6, 6.07) is 25.5. The summed E-state index contributed by atoms with van der Waals surface area (Å²) in [5, 5.41) is 1.12. The molecule has 0 spiro atoms. The maximum Gasteiger partial charge on any atom is 0.139 e. The molecule has 1 saturated heterocycles. The minimum atomic E-state index is 0.511. The van der Waals surface area contributed by atoms with Gasteiger partial charge in [0.25, 0.3) is 0 Å². The average molecular weight is 493 g/mol. The molecule has 6 heteroatoms. The number of fused-ring (bicyclic) bond motifs is 2. The summed E-state index contributed by atoms with van der Waals surface area (Å²) < 4.78 is 12.9. The van der Waals surface area contributed by atoms with Gasteiger partial charge < -0.3 is 9.47 Å². The van der Waals surface area contributed by atoms with E-state index in [4.69, 9.17) is 14.5 Å². The molecule has 0 atom stereocenters. The third-order valence-corrected chi connectivity index (χ3v) is 7.15. The first-order chi connectivity index (χ1) is 18.3. The largest absolute Gasteiger partial charge is 0.491 e. The number of ether oxygens (including phenoxy) is 2. The van der Waals surface area contributed by atoms with Gasteiger partial charge in [-0.2, -0.15) is 0 Å². The molecule has 1 aliphatic heterocycles. The lowest BCUT2D eigenvalue weighted by molar-refractivity contribution is 0.146. The van der Waals surface area contributed by atoms with Crippen LogP contribution in [0.4, 0.5) is 0 Å². The molecular weight excluding hydrogens is 460 g/mol. The molecule has 6 rings (SSSR count). The fourth-order valence-corrected chi connectivity index (χ4v) is 5.18. The van der Waals surface area contributed by atoms with Crippen LogP contribution in [0.1, 0.15) is 24.8 Å². The Morgan fingerprint density at radius 3 is 2.57 bits per heavy atom. The smallest absolute Gasteiger partial charge is 0.139 e. The topological polar surface area (TPSA) is 52.4 Å². The lowest BCUT2D eigenvalue weighted by Gasteiger charge is -2.26. The number of para-hydroxylation sites is 1. The van der Waals surface area contributed by atoms with Crippen molar-refractivity contribution in [2.75, 3.05) is 33.4 Å². The van der Waals surface area contributed by atoms with Crippen LogP contribution < -0.4 is 4.74 Å². The third-order valence-electron chi connectivity index (χ3n) is 7.15. The zero-order chi connectivity index (χ0) is 25.0. The maximum absolute atomic E-state index is 5.75. The Kier molecular flexibility index (Phi) is 6.84. The molecule has 3 aromatic carbocycles. The van der Waals surface area contributed by atoms with Crippen LogP contribution in [-0.2, 0) is 11.3 Å². The lowest BCUT2D eigenvalue weighted by Crippen LogP contribution is -2.28. The number of imidazole rings is 1. The van der Waals surface area contributed by atoms with Gasteiger partial charge in [0, 0.05) is 30.7 Å². The van der Waals surface area contributed by atoms with Gasteiger partial charge in [0.2, 0.25) is 0 Å². The highest BCUT2D eigenvalue weighted by Gasteiger charge is 2.13. The van der Waals surface area contributed by atoms with Crippen LogP contribution >= 0.6 is 0 Å². The van der Waals surface area contributed by atoms with Crippen molar-refractivity contribution < 1.29 is 9.47 Å². The number of aromatic nitrogens is 3. The number of nitrogens with zero attached hydrogens (tertiary/aromatic N) is 4. The normalized spacial score (nSPS) is 14.4. The second kappa shape index (κ2) is 10.7. The summed E-state index contributed by atoms with van der Waals surface area (Å²) in [7, 11) is 1.67. The minimum absolute atomic E-state index is 0.511. The van der Waals surface area contributed by atoms with E-state index in [1.165, 1.54) is 43.5 Å². The number of pyridine rings is 1. The molecule has 0 amide bonds. The van der Waals surface area contributed by atoms with E-state index in [0.717, 1.165) is 45.6 Å². The van der Waals surface area contributed by atoms with Gasteiger partial charge in [-0.15, -0.1) is 0 Å². The Hall–Kier alpha value is -3.74. The predicted octanol–water partition coefficient (Wildman–Crippen LogP) is 6.25. The van der Waals surface area contributed by atoms with Crippen LogP contribution in [0.2, 0.25) is 0 Å². The summed E-state index contributed by atoms with van der Waals surface area (Å²) in [6.45, 7) is 4.52. The third kappa shape index (κ3) is 5.08. The first-order valence-corrected chi connectivity index (χ1v) is 13.1. The summed E-state index contributed by atoms with van der Waals surface area (Å²) >= 11 is 0.